The number of fused-ring (bicyclic) bond motifs is 1. The third kappa shape index (κ3) is 5.11. The molecule has 1 amide bonds. The van der Waals surface area contributed by atoms with E-state index in [1.807, 2.05) is 30.3 Å². The lowest BCUT2D eigenvalue weighted by molar-refractivity contribution is -0.142. The van der Waals surface area contributed by atoms with Crippen molar-refractivity contribution >= 4 is 46.0 Å². The van der Waals surface area contributed by atoms with Crippen LogP contribution in [0.3, 0.4) is 0 Å². The van der Waals surface area contributed by atoms with Gasteiger partial charge in [-0.3, -0.25) is 14.3 Å². The maximum absolute atomic E-state index is 12.9. The first-order chi connectivity index (χ1) is 14.6. The summed E-state index contributed by atoms with van der Waals surface area (Å²) in [6.07, 6.45) is 0. The highest BCUT2D eigenvalue weighted by molar-refractivity contribution is 6.31. The molecule has 1 N–H and O–H groups in total. The molecule has 0 aliphatic heterocycles. The van der Waals surface area contributed by atoms with Gasteiger partial charge < -0.3 is 14.8 Å². The molecule has 3 rings (SSSR count). The summed E-state index contributed by atoms with van der Waals surface area (Å²) < 4.78 is 12.1. The van der Waals surface area contributed by atoms with Gasteiger partial charge in [0, 0.05) is 23.0 Å². The summed E-state index contributed by atoms with van der Waals surface area (Å²) in [7, 11) is 3.37. The monoisotopic (exact) mass is 463 g/mol. The summed E-state index contributed by atoms with van der Waals surface area (Å²) in [5, 5.41) is 8.54. The zero-order chi connectivity index (χ0) is 22.8. The maximum Gasteiger partial charge on any atom is 0.320 e. The highest BCUT2D eigenvalue weighted by Gasteiger charge is 2.26. The second kappa shape index (κ2) is 9.16. The lowest BCUT2D eigenvalue weighted by Gasteiger charge is -2.25. The molecular weight excluding hydrogens is 441 g/mol. The van der Waals surface area contributed by atoms with Crippen LogP contribution in [0.5, 0.6) is 5.75 Å². The Morgan fingerprint density at radius 2 is 1.94 bits per heavy atom. The molecule has 3 aromatic rings. The number of benzene rings is 2. The molecule has 0 unspecified atom stereocenters. The molecule has 164 valence electrons. The van der Waals surface area contributed by atoms with Crippen molar-refractivity contribution in [3.8, 4) is 16.9 Å². The Bertz CT molecular complexity index is 1140. The van der Waals surface area contributed by atoms with Gasteiger partial charge in [-0.25, -0.2) is 0 Å². The number of hydrogen-bond acceptors (Lipinski definition) is 5. The molecule has 0 fully saturated rings. The highest BCUT2D eigenvalue weighted by atomic mass is 35.5. The second-order valence-electron chi connectivity index (χ2n) is 7.68. The van der Waals surface area contributed by atoms with Gasteiger partial charge >= 0.3 is 5.97 Å². The van der Waals surface area contributed by atoms with Crippen molar-refractivity contribution < 1.29 is 19.1 Å². The van der Waals surface area contributed by atoms with E-state index >= 15 is 0 Å². The molecule has 0 aliphatic carbocycles. The van der Waals surface area contributed by atoms with Crippen molar-refractivity contribution in [3.05, 3.63) is 47.1 Å². The number of aromatic nitrogens is 2. The molecule has 7 nitrogen and oxygen atoms in total. The van der Waals surface area contributed by atoms with Crippen molar-refractivity contribution in [2.75, 3.05) is 19.6 Å². The summed E-state index contributed by atoms with van der Waals surface area (Å²) in [5.74, 6) is -0.465. The smallest absolute Gasteiger partial charge is 0.320 e. The number of esters is 1. The lowest BCUT2D eigenvalue weighted by Crippen LogP contribution is -2.47. The number of nitrogens with one attached hydrogen (secondary N) is 1. The van der Waals surface area contributed by atoms with Gasteiger partial charge in [-0.2, -0.15) is 5.10 Å². The molecule has 0 saturated carbocycles. The number of aryl methyl sites for hydroxylation is 1. The number of nitrogens with zero attached hydrogens (tertiary/aromatic N) is 2. The predicted octanol–water partition coefficient (Wildman–Crippen LogP) is 4.19. The molecule has 0 atom stereocenters. The predicted molar refractivity (Wildman–Crippen MR) is 121 cm³/mol. The number of hydrogen-bond donors (Lipinski definition) is 1. The Balaban J connectivity index is 1.91. The highest BCUT2D eigenvalue weighted by Crippen LogP contribution is 2.34. The normalized spacial score (nSPS) is 11.4. The standard InChI is InChI=1S/C22H23Cl2N3O4/c1-22(2,12-31-19(28)11-23)25-21(29)20-15-7-5-13(9-17(15)27(3)26-20)16-10-14(24)6-8-18(16)30-4/h5-10H,11-12H2,1-4H3,(H,25,29). The van der Waals surface area contributed by atoms with E-state index in [2.05, 4.69) is 10.4 Å². The van der Waals surface area contributed by atoms with Crippen LogP contribution in [0.25, 0.3) is 22.0 Å². The van der Waals surface area contributed by atoms with E-state index in [9.17, 15) is 9.59 Å². The number of carbonyl (C=O) groups excluding carboxylic acids is 2. The lowest BCUT2D eigenvalue weighted by atomic mass is 10.0. The van der Waals surface area contributed by atoms with Gasteiger partial charge in [-0.15, -0.1) is 11.6 Å². The Labute approximate surface area is 190 Å². The van der Waals surface area contributed by atoms with Crippen LogP contribution >= 0.6 is 23.2 Å². The number of halogens is 2. The summed E-state index contributed by atoms with van der Waals surface area (Å²) in [5.41, 5.74) is 1.98. The fraction of sp³-hybridized carbons (Fsp3) is 0.318. The second-order valence-corrected chi connectivity index (χ2v) is 8.38. The van der Waals surface area contributed by atoms with E-state index in [0.29, 0.717) is 16.2 Å². The number of ether oxygens (including phenoxy) is 2. The van der Waals surface area contributed by atoms with E-state index in [4.69, 9.17) is 32.7 Å². The van der Waals surface area contributed by atoms with E-state index in [1.54, 1.807) is 38.8 Å². The van der Waals surface area contributed by atoms with E-state index in [0.717, 1.165) is 16.6 Å². The first-order valence-electron chi connectivity index (χ1n) is 9.50. The van der Waals surface area contributed by atoms with Crippen LogP contribution in [0, 0.1) is 0 Å². The van der Waals surface area contributed by atoms with Crippen LogP contribution in [-0.4, -0.2) is 46.8 Å². The van der Waals surface area contributed by atoms with Crippen LogP contribution in [-0.2, 0) is 16.6 Å². The van der Waals surface area contributed by atoms with Gasteiger partial charge in [0.25, 0.3) is 5.91 Å². The van der Waals surface area contributed by atoms with Gasteiger partial charge in [0.05, 0.1) is 18.2 Å². The third-order valence-corrected chi connectivity index (χ3v) is 5.15. The molecule has 9 heteroatoms. The molecular formula is C22H23Cl2N3O4. The fourth-order valence-electron chi connectivity index (χ4n) is 3.20. The van der Waals surface area contributed by atoms with Crippen molar-refractivity contribution in [3.63, 3.8) is 0 Å². The minimum Gasteiger partial charge on any atom is -0.496 e. The molecule has 0 radical (unpaired) electrons. The molecule has 31 heavy (non-hydrogen) atoms. The summed E-state index contributed by atoms with van der Waals surface area (Å²) in [4.78, 5) is 24.2. The number of rotatable bonds is 7. The number of methoxy groups -OCH3 is 1. The molecule has 0 bridgehead atoms. The maximum atomic E-state index is 12.9. The summed E-state index contributed by atoms with van der Waals surface area (Å²) >= 11 is 11.6. The van der Waals surface area contributed by atoms with Gasteiger partial charge in [0.1, 0.15) is 18.2 Å². The minimum atomic E-state index is -0.795. The first-order valence-corrected chi connectivity index (χ1v) is 10.4. The van der Waals surface area contributed by atoms with Crippen molar-refractivity contribution in [2.24, 2.45) is 7.05 Å². The van der Waals surface area contributed by atoms with Gasteiger partial charge in [0.2, 0.25) is 0 Å². The Hall–Kier alpha value is -2.77. The fourth-order valence-corrected chi connectivity index (χ4v) is 3.45. The first kappa shape index (κ1) is 22.9. The van der Waals surface area contributed by atoms with Crippen molar-refractivity contribution in [2.45, 2.75) is 19.4 Å². The van der Waals surface area contributed by atoms with Crippen molar-refractivity contribution in [1.29, 1.82) is 0 Å². The summed E-state index contributed by atoms with van der Waals surface area (Å²) in [6.45, 7) is 3.50. The molecule has 0 spiro atoms. The zero-order valence-electron chi connectivity index (χ0n) is 17.7. The van der Waals surface area contributed by atoms with Crippen LogP contribution in [0.4, 0.5) is 0 Å². The van der Waals surface area contributed by atoms with Crippen LogP contribution in [0.1, 0.15) is 24.3 Å². The SMILES string of the molecule is COc1ccc(Cl)cc1-c1ccc2c(C(=O)NC(C)(C)COC(=O)CCl)nn(C)c2c1. The van der Waals surface area contributed by atoms with E-state index in [-0.39, 0.29) is 24.1 Å². The molecule has 0 aliphatic rings. The summed E-state index contributed by atoms with van der Waals surface area (Å²) in [6, 6.07) is 11.1. The number of carbonyl (C=O) groups is 2. The Kier molecular flexibility index (Phi) is 6.77. The average molecular weight is 464 g/mol. The number of alkyl halides is 1. The van der Waals surface area contributed by atoms with Crippen LogP contribution < -0.4 is 10.1 Å². The van der Waals surface area contributed by atoms with Crippen molar-refractivity contribution in [1.82, 2.24) is 15.1 Å². The molecule has 1 heterocycles. The quantitative estimate of drug-likeness (QED) is 0.419. The third-order valence-electron chi connectivity index (χ3n) is 4.69. The van der Waals surface area contributed by atoms with Gasteiger partial charge in [-0.05, 0) is 49.7 Å². The van der Waals surface area contributed by atoms with Gasteiger partial charge in [-0.1, -0.05) is 17.7 Å². The Morgan fingerprint density at radius 3 is 2.61 bits per heavy atom. The Morgan fingerprint density at radius 1 is 1.19 bits per heavy atom. The minimum absolute atomic E-state index is 0.00618. The van der Waals surface area contributed by atoms with E-state index < -0.39 is 11.5 Å². The molecule has 0 saturated heterocycles. The largest absolute Gasteiger partial charge is 0.496 e. The van der Waals surface area contributed by atoms with Crippen LogP contribution in [0.2, 0.25) is 5.02 Å². The average Bonchev–Trinajstić information content (AvgIpc) is 3.08. The topological polar surface area (TPSA) is 82.4 Å². The van der Waals surface area contributed by atoms with E-state index in [1.165, 1.54) is 0 Å². The molecule has 1 aromatic heterocycles. The molecule has 2 aromatic carbocycles. The van der Waals surface area contributed by atoms with Gasteiger partial charge in [0.15, 0.2) is 5.69 Å². The zero-order valence-corrected chi connectivity index (χ0v) is 19.2. The van der Waals surface area contributed by atoms with Crippen LogP contribution in [0.15, 0.2) is 36.4 Å². The number of amides is 1.